The number of nitrogens with one attached hydrogen (secondary N) is 2. The van der Waals surface area contributed by atoms with Gasteiger partial charge in [-0.15, -0.1) is 5.10 Å². The Morgan fingerprint density at radius 3 is 2.72 bits per heavy atom. The summed E-state index contributed by atoms with van der Waals surface area (Å²) in [6.45, 7) is 7.54. The lowest BCUT2D eigenvalue weighted by molar-refractivity contribution is -0.119. The summed E-state index contributed by atoms with van der Waals surface area (Å²) < 4.78 is 1.54. The highest BCUT2D eigenvalue weighted by Gasteiger charge is 2.14. The fourth-order valence-corrected chi connectivity index (χ4v) is 2.64. The van der Waals surface area contributed by atoms with Crippen molar-refractivity contribution in [3.05, 3.63) is 24.3 Å². The fourth-order valence-electron chi connectivity index (χ4n) is 1.94. The quantitative estimate of drug-likeness (QED) is 0.729. The maximum atomic E-state index is 12.0. The third-order valence-corrected chi connectivity index (χ3v) is 4.49. The molecule has 0 fully saturated rings. The van der Waals surface area contributed by atoms with Crippen molar-refractivity contribution in [2.75, 3.05) is 11.1 Å². The van der Waals surface area contributed by atoms with E-state index in [2.05, 4.69) is 40.0 Å². The molecule has 0 saturated heterocycles. The van der Waals surface area contributed by atoms with Crippen molar-refractivity contribution >= 4 is 29.3 Å². The number of anilines is 1. The lowest BCUT2D eigenvalue weighted by Gasteiger charge is -2.17. The number of aromatic nitrogens is 4. The molecule has 9 heteroatoms. The molecule has 0 spiro atoms. The van der Waals surface area contributed by atoms with E-state index in [0.29, 0.717) is 22.4 Å². The molecular formula is C16H22N6O2S. The number of carbonyl (C=O) groups is 2. The van der Waals surface area contributed by atoms with E-state index in [-0.39, 0.29) is 23.6 Å². The zero-order chi connectivity index (χ0) is 18.4. The Morgan fingerprint density at radius 2 is 2.04 bits per heavy atom. The molecule has 25 heavy (non-hydrogen) atoms. The van der Waals surface area contributed by atoms with E-state index >= 15 is 0 Å². The first-order valence-corrected chi connectivity index (χ1v) is 8.94. The lowest BCUT2D eigenvalue weighted by atomic mass is 10.1. The van der Waals surface area contributed by atoms with Gasteiger partial charge in [0.2, 0.25) is 17.0 Å². The first kappa shape index (κ1) is 18.9. The minimum atomic E-state index is -0.153. The van der Waals surface area contributed by atoms with E-state index in [1.54, 1.807) is 18.2 Å². The van der Waals surface area contributed by atoms with Crippen molar-refractivity contribution < 1.29 is 9.59 Å². The number of rotatable bonds is 7. The summed E-state index contributed by atoms with van der Waals surface area (Å²) in [6.07, 6.45) is 0. The van der Waals surface area contributed by atoms with Gasteiger partial charge in [-0.05, 0) is 41.5 Å². The summed E-state index contributed by atoms with van der Waals surface area (Å²) in [5.41, 5.74) is 1.36. The second-order valence-electron chi connectivity index (χ2n) is 5.99. The van der Waals surface area contributed by atoms with Gasteiger partial charge in [0.1, 0.15) is 0 Å². The van der Waals surface area contributed by atoms with Crippen molar-refractivity contribution in [1.29, 1.82) is 0 Å². The lowest BCUT2D eigenvalue weighted by Crippen LogP contribution is -2.37. The predicted octanol–water partition coefficient (Wildman–Crippen LogP) is 1.87. The van der Waals surface area contributed by atoms with Gasteiger partial charge in [-0.3, -0.25) is 9.59 Å². The van der Waals surface area contributed by atoms with Gasteiger partial charge in [0.05, 0.1) is 11.4 Å². The van der Waals surface area contributed by atoms with Crippen LogP contribution in [0.15, 0.2) is 29.4 Å². The van der Waals surface area contributed by atoms with Gasteiger partial charge in [-0.25, -0.2) is 0 Å². The molecule has 1 aromatic heterocycles. The Bertz CT molecular complexity index is 746. The molecule has 1 unspecified atom stereocenters. The van der Waals surface area contributed by atoms with Crippen LogP contribution in [0.1, 0.15) is 27.7 Å². The molecule has 1 aromatic carbocycles. The molecule has 2 aromatic rings. The van der Waals surface area contributed by atoms with E-state index in [0.717, 1.165) is 0 Å². The number of nitrogens with zero attached hydrogens (tertiary/aromatic N) is 4. The second-order valence-corrected chi connectivity index (χ2v) is 6.94. The molecule has 134 valence electrons. The van der Waals surface area contributed by atoms with Gasteiger partial charge in [-0.1, -0.05) is 31.7 Å². The summed E-state index contributed by atoms with van der Waals surface area (Å²) in [5, 5.41) is 17.8. The smallest absolute Gasteiger partial charge is 0.230 e. The van der Waals surface area contributed by atoms with Crippen LogP contribution in [0.5, 0.6) is 0 Å². The maximum Gasteiger partial charge on any atom is 0.230 e. The molecule has 2 N–H and O–H groups in total. The topological polar surface area (TPSA) is 102 Å². The number of carbonyl (C=O) groups excluding carboxylic acids is 2. The van der Waals surface area contributed by atoms with E-state index in [4.69, 9.17) is 0 Å². The van der Waals surface area contributed by atoms with Crippen molar-refractivity contribution in [2.24, 2.45) is 5.92 Å². The zero-order valence-corrected chi connectivity index (χ0v) is 15.5. The minimum Gasteiger partial charge on any atom is -0.353 e. The largest absolute Gasteiger partial charge is 0.353 e. The molecule has 0 aliphatic rings. The average Bonchev–Trinajstić information content (AvgIpc) is 3.01. The summed E-state index contributed by atoms with van der Waals surface area (Å²) >= 11 is 1.26. The molecule has 0 aliphatic heterocycles. The SMILES string of the molecule is CC(=O)Nc1cccc(-n2nnnc2SCC(=O)NC(C)C(C)C)c1. The Morgan fingerprint density at radius 1 is 1.28 bits per heavy atom. The first-order valence-electron chi connectivity index (χ1n) is 7.95. The average molecular weight is 362 g/mol. The molecule has 8 nitrogen and oxygen atoms in total. The van der Waals surface area contributed by atoms with Crippen molar-refractivity contribution in [2.45, 2.75) is 38.9 Å². The van der Waals surface area contributed by atoms with E-state index < -0.39 is 0 Å². The number of hydrogen-bond acceptors (Lipinski definition) is 6. The number of tetrazole rings is 1. The van der Waals surface area contributed by atoms with E-state index in [1.165, 1.54) is 23.4 Å². The zero-order valence-electron chi connectivity index (χ0n) is 14.7. The highest BCUT2D eigenvalue weighted by atomic mass is 32.2. The van der Waals surface area contributed by atoms with E-state index in [1.807, 2.05) is 13.0 Å². The molecular weight excluding hydrogens is 340 g/mol. The Kier molecular flexibility index (Phi) is 6.51. The van der Waals surface area contributed by atoms with Gasteiger partial charge < -0.3 is 10.6 Å². The van der Waals surface area contributed by atoms with E-state index in [9.17, 15) is 9.59 Å². The maximum absolute atomic E-state index is 12.0. The van der Waals surface area contributed by atoms with Crippen molar-refractivity contribution in [1.82, 2.24) is 25.5 Å². The van der Waals surface area contributed by atoms with Crippen molar-refractivity contribution in [3.8, 4) is 5.69 Å². The van der Waals surface area contributed by atoms with Crippen LogP contribution < -0.4 is 10.6 Å². The number of amides is 2. The Hall–Kier alpha value is -2.42. The monoisotopic (exact) mass is 362 g/mol. The van der Waals surface area contributed by atoms with Gasteiger partial charge in [-0.2, -0.15) is 4.68 Å². The molecule has 1 atom stereocenters. The Balaban J connectivity index is 2.05. The number of hydrogen-bond donors (Lipinski definition) is 2. The highest BCUT2D eigenvalue weighted by Crippen LogP contribution is 2.20. The Labute approximate surface area is 150 Å². The molecule has 0 saturated carbocycles. The van der Waals surface area contributed by atoms with Gasteiger partial charge >= 0.3 is 0 Å². The molecule has 2 amide bonds. The second kappa shape index (κ2) is 8.61. The molecule has 0 radical (unpaired) electrons. The van der Waals surface area contributed by atoms with Gasteiger partial charge in [0.25, 0.3) is 0 Å². The third-order valence-electron chi connectivity index (χ3n) is 3.57. The summed E-state index contributed by atoms with van der Waals surface area (Å²) in [6, 6.07) is 7.28. The van der Waals surface area contributed by atoms with Crippen LogP contribution in [-0.4, -0.2) is 43.8 Å². The van der Waals surface area contributed by atoms with Gasteiger partial charge in [0.15, 0.2) is 0 Å². The summed E-state index contributed by atoms with van der Waals surface area (Å²) in [7, 11) is 0. The van der Waals surface area contributed by atoms with Crippen LogP contribution >= 0.6 is 11.8 Å². The number of thioether (sulfide) groups is 1. The predicted molar refractivity (Wildman–Crippen MR) is 96.6 cm³/mol. The number of benzene rings is 1. The van der Waals surface area contributed by atoms with Crippen LogP contribution in [0, 0.1) is 5.92 Å². The van der Waals surface area contributed by atoms with Crippen LogP contribution in [0.2, 0.25) is 0 Å². The van der Waals surface area contributed by atoms with Crippen LogP contribution in [0.4, 0.5) is 5.69 Å². The molecule has 0 aliphatic carbocycles. The summed E-state index contributed by atoms with van der Waals surface area (Å²) in [4.78, 5) is 23.2. The third kappa shape index (κ3) is 5.56. The molecule has 1 heterocycles. The minimum absolute atomic E-state index is 0.0623. The first-order chi connectivity index (χ1) is 11.9. The standard InChI is InChI=1S/C16H22N6O2S/c1-10(2)11(3)17-15(24)9-25-16-19-20-21-22(16)14-7-5-6-13(8-14)18-12(4)23/h5-8,10-11H,9H2,1-4H3,(H,17,24)(H,18,23). The van der Waals surface area contributed by atoms with Crippen LogP contribution in [-0.2, 0) is 9.59 Å². The van der Waals surface area contributed by atoms with Crippen LogP contribution in [0.25, 0.3) is 5.69 Å². The highest BCUT2D eigenvalue weighted by molar-refractivity contribution is 7.99. The normalized spacial score (nSPS) is 12.0. The fraction of sp³-hybridized carbons (Fsp3) is 0.438. The molecule has 2 rings (SSSR count). The summed E-state index contributed by atoms with van der Waals surface area (Å²) in [5.74, 6) is 0.381. The molecule has 0 bridgehead atoms. The van der Waals surface area contributed by atoms with Gasteiger partial charge in [0, 0.05) is 18.7 Å². The van der Waals surface area contributed by atoms with Crippen molar-refractivity contribution in [3.63, 3.8) is 0 Å². The van der Waals surface area contributed by atoms with Crippen LogP contribution in [0.3, 0.4) is 0 Å².